The van der Waals surface area contributed by atoms with E-state index in [1.54, 1.807) is 0 Å². The number of unbranched alkanes of at least 4 members (excludes halogenated alkanes) is 1. The molecule has 1 nitrogen and oxygen atoms in total. The molecule has 0 aliphatic heterocycles. The Labute approximate surface area is 92.7 Å². The minimum Gasteiger partial charge on any atom is -0.309 e. The van der Waals surface area contributed by atoms with E-state index < -0.39 is 0 Å². The Morgan fingerprint density at radius 2 is 2.31 bits per heavy atom. The highest BCUT2D eigenvalue weighted by Crippen LogP contribution is 2.26. The second-order valence-electron chi connectivity index (χ2n) is 3.17. The highest BCUT2D eigenvalue weighted by molar-refractivity contribution is 9.11. The summed E-state index contributed by atoms with van der Waals surface area (Å²) in [4.78, 5) is 1.41. The third kappa shape index (κ3) is 3.79. The zero-order valence-corrected chi connectivity index (χ0v) is 10.5. The van der Waals surface area contributed by atoms with Crippen LogP contribution in [-0.4, -0.2) is 6.54 Å². The fourth-order valence-electron chi connectivity index (χ4n) is 1.16. The van der Waals surface area contributed by atoms with Crippen molar-refractivity contribution in [2.24, 2.45) is 0 Å². The van der Waals surface area contributed by atoms with Gasteiger partial charge in [-0.2, -0.15) is 0 Å². The predicted molar refractivity (Wildman–Crippen MR) is 63.3 cm³/mol. The van der Waals surface area contributed by atoms with Gasteiger partial charge in [0.2, 0.25) is 0 Å². The summed E-state index contributed by atoms with van der Waals surface area (Å²) in [6.07, 6.45) is 2.52. The van der Waals surface area contributed by atoms with Crippen LogP contribution >= 0.6 is 27.3 Å². The van der Waals surface area contributed by atoms with E-state index in [1.807, 2.05) is 11.3 Å². The molecule has 0 saturated heterocycles. The lowest BCUT2D eigenvalue weighted by molar-refractivity contribution is 0.561. The Morgan fingerprint density at radius 1 is 1.54 bits per heavy atom. The first-order valence-electron chi connectivity index (χ1n) is 4.72. The molecule has 0 spiro atoms. The molecule has 0 aliphatic rings. The minimum absolute atomic E-state index is 0.489. The van der Waals surface area contributed by atoms with Crippen molar-refractivity contribution >= 4 is 27.3 Å². The first-order valence-corrected chi connectivity index (χ1v) is 6.33. The second-order valence-corrected chi connectivity index (χ2v) is 5.67. The molecule has 0 unspecified atom stereocenters. The van der Waals surface area contributed by atoms with Crippen LogP contribution in [0, 0.1) is 0 Å². The van der Waals surface area contributed by atoms with Crippen LogP contribution < -0.4 is 5.32 Å². The Morgan fingerprint density at radius 3 is 2.85 bits per heavy atom. The molecule has 0 fully saturated rings. The van der Waals surface area contributed by atoms with E-state index >= 15 is 0 Å². The molecule has 3 heteroatoms. The van der Waals surface area contributed by atoms with Gasteiger partial charge in [0.1, 0.15) is 0 Å². The molecule has 13 heavy (non-hydrogen) atoms. The van der Waals surface area contributed by atoms with Gasteiger partial charge in [-0.1, -0.05) is 13.3 Å². The topological polar surface area (TPSA) is 12.0 Å². The molecule has 1 aromatic rings. The first kappa shape index (κ1) is 11.2. The standard InChI is InChI=1S/C10H16BrNS/c1-3-4-7-12-8(2)9-5-6-10(11)13-9/h5-6,8,12H,3-4,7H2,1-2H3/t8-/m0/s1. The van der Waals surface area contributed by atoms with Crippen molar-refractivity contribution < 1.29 is 0 Å². The normalized spacial score (nSPS) is 13.2. The van der Waals surface area contributed by atoms with Gasteiger partial charge in [0.25, 0.3) is 0 Å². The molecule has 0 bridgehead atoms. The van der Waals surface area contributed by atoms with Gasteiger partial charge < -0.3 is 5.32 Å². The summed E-state index contributed by atoms with van der Waals surface area (Å²) in [7, 11) is 0. The predicted octanol–water partition coefficient (Wildman–Crippen LogP) is 3.96. The second kappa shape index (κ2) is 5.78. The van der Waals surface area contributed by atoms with Crippen LogP contribution in [0.3, 0.4) is 0 Å². The molecule has 0 saturated carbocycles. The molecule has 0 aromatic carbocycles. The molecule has 1 rings (SSSR count). The average Bonchev–Trinajstić information content (AvgIpc) is 2.52. The maximum absolute atomic E-state index is 3.50. The van der Waals surface area contributed by atoms with Crippen molar-refractivity contribution in [1.29, 1.82) is 0 Å². The van der Waals surface area contributed by atoms with Crippen molar-refractivity contribution in [3.8, 4) is 0 Å². The van der Waals surface area contributed by atoms with E-state index in [1.165, 1.54) is 21.5 Å². The van der Waals surface area contributed by atoms with Crippen LogP contribution in [0.2, 0.25) is 0 Å². The average molecular weight is 262 g/mol. The number of rotatable bonds is 5. The third-order valence-electron chi connectivity index (χ3n) is 2.00. The molecule has 0 amide bonds. The molecular weight excluding hydrogens is 246 g/mol. The molecule has 0 radical (unpaired) electrons. The summed E-state index contributed by atoms with van der Waals surface area (Å²) in [5.74, 6) is 0. The summed E-state index contributed by atoms with van der Waals surface area (Å²) >= 11 is 5.28. The summed E-state index contributed by atoms with van der Waals surface area (Å²) in [6, 6.07) is 4.78. The van der Waals surface area contributed by atoms with Gasteiger partial charge in [-0.3, -0.25) is 0 Å². The minimum atomic E-state index is 0.489. The van der Waals surface area contributed by atoms with Crippen molar-refractivity contribution in [2.45, 2.75) is 32.7 Å². The number of hydrogen-bond donors (Lipinski definition) is 1. The Balaban J connectivity index is 2.35. The van der Waals surface area contributed by atoms with Gasteiger partial charge in [0.05, 0.1) is 3.79 Å². The van der Waals surface area contributed by atoms with Crippen LogP contribution in [0.4, 0.5) is 0 Å². The molecular formula is C10H16BrNS. The summed E-state index contributed by atoms with van der Waals surface area (Å²) < 4.78 is 1.21. The summed E-state index contributed by atoms with van der Waals surface area (Å²) in [5, 5.41) is 3.50. The van der Waals surface area contributed by atoms with Crippen molar-refractivity contribution in [3.63, 3.8) is 0 Å². The fraction of sp³-hybridized carbons (Fsp3) is 0.600. The van der Waals surface area contributed by atoms with Gasteiger partial charge in [-0.05, 0) is 48.0 Å². The summed E-state index contributed by atoms with van der Waals surface area (Å²) in [5.41, 5.74) is 0. The van der Waals surface area contributed by atoms with Crippen molar-refractivity contribution in [1.82, 2.24) is 5.32 Å². The highest BCUT2D eigenvalue weighted by Gasteiger charge is 2.05. The van der Waals surface area contributed by atoms with Crippen LogP contribution in [0.5, 0.6) is 0 Å². The first-order chi connectivity index (χ1) is 6.24. The molecule has 0 aliphatic carbocycles. The van der Waals surface area contributed by atoms with Crippen LogP contribution in [0.1, 0.15) is 37.6 Å². The smallest absolute Gasteiger partial charge is 0.0701 e. The van der Waals surface area contributed by atoms with Gasteiger partial charge in [-0.15, -0.1) is 11.3 Å². The van der Waals surface area contributed by atoms with E-state index in [0.717, 1.165) is 6.54 Å². The number of thiophene rings is 1. The molecule has 74 valence electrons. The lowest BCUT2D eigenvalue weighted by Crippen LogP contribution is -2.18. The van der Waals surface area contributed by atoms with E-state index in [2.05, 4.69) is 47.2 Å². The molecule has 1 heterocycles. The van der Waals surface area contributed by atoms with E-state index in [-0.39, 0.29) is 0 Å². The number of hydrogen-bond acceptors (Lipinski definition) is 2. The Kier molecular flexibility index (Phi) is 4.99. The van der Waals surface area contributed by atoms with Gasteiger partial charge >= 0.3 is 0 Å². The maximum atomic E-state index is 3.50. The molecule has 1 aromatic heterocycles. The zero-order valence-electron chi connectivity index (χ0n) is 8.14. The van der Waals surface area contributed by atoms with Crippen LogP contribution in [-0.2, 0) is 0 Å². The third-order valence-corrected chi connectivity index (χ3v) is 3.81. The van der Waals surface area contributed by atoms with Gasteiger partial charge in [0, 0.05) is 10.9 Å². The van der Waals surface area contributed by atoms with Crippen molar-refractivity contribution in [3.05, 3.63) is 20.8 Å². The van der Waals surface area contributed by atoms with Crippen molar-refractivity contribution in [2.75, 3.05) is 6.54 Å². The molecule has 1 atom stereocenters. The summed E-state index contributed by atoms with van der Waals surface area (Å²) in [6.45, 7) is 5.55. The zero-order chi connectivity index (χ0) is 9.68. The van der Waals surface area contributed by atoms with E-state index in [4.69, 9.17) is 0 Å². The van der Waals surface area contributed by atoms with Crippen LogP contribution in [0.25, 0.3) is 0 Å². The fourth-order valence-corrected chi connectivity index (χ4v) is 2.61. The van der Waals surface area contributed by atoms with E-state index in [0.29, 0.717) is 6.04 Å². The largest absolute Gasteiger partial charge is 0.309 e. The Hall–Kier alpha value is 0.140. The highest BCUT2D eigenvalue weighted by atomic mass is 79.9. The molecule has 1 N–H and O–H groups in total. The number of nitrogens with one attached hydrogen (secondary N) is 1. The van der Waals surface area contributed by atoms with Gasteiger partial charge in [0.15, 0.2) is 0 Å². The van der Waals surface area contributed by atoms with Gasteiger partial charge in [-0.25, -0.2) is 0 Å². The monoisotopic (exact) mass is 261 g/mol. The lowest BCUT2D eigenvalue weighted by atomic mass is 10.2. The maximum Gasteiger partial charge on any atom is 0.0701 e. The Bertz CT molecular complexity index is 247. The number of halogens is 1. The van der Waals surface area contributed by atoms with Crippen LogP contribution in [0.15, 0.2) is 15.9 Å². The lowest BCUT2D eigenvalue weighted by Gasteiger charge is -2.10. The quantitative estimate of drug-likeness (QED) is 0.792. The SMILES string of the molecule is CCCCN[C@@H](C)c1ccc(Br)s1. The van der Waals surface area contributed by atoms with E-state index in [9.17, 15) is 0 Å².